The van der Waals surface area contributed by atoms with E-state index in [1.54, 1.807) is 12.1 Å². The maximum atomic E-state index is 13.1. The number of thiazole rings is 1. The lowest BCUT2D eigenvalue weighted by Gasteiger charge is -2.34. The first-order valence-corrected chi connectivity index (χ1v) is 9.63. The minimum absolute atomic E-state index is 0.118. The molecule has 1 amide bonds. The Hall–Kier alpha value is -2.28. The number of fused-ring (bicyclic) bond motifs is 1. The minimum Gasteiger partial charge on any atom is -0.481 e. The second-order valence-corrected chi connectivity index (χ2v) is 7.95. The fourth-order valence-corrected chi connectivity index (χ4v) is 4.86. The van der Waals surface area contributed by atoms with Crippen molar-refractivity contribution < 1.29 is 19.1 Å². The summed E-state index contributed by atoms with van der Waals surface area (Å²) in [6, 6.07) is 6.13. The van der Waals surface area contributed by atoms with Crippen LogP contribution in [0.25, 0.3) is 10.6 Å². The molecule has 1 heterocycles. The van der Waals surface area contributed by atoms with E-state index in [0.717, 1.165) is 40.4 Å². The SMILES string of the molecule is O=C(O)C1CCC1C(=O)NC1CCCc2nc(-c3ccc(F)cc3)sc21. The molecule has 4 rings (SSSR count). The summed E-state index contributed by atoms with van der Waals surface area (Å²) in [4.78, 5) is 29.4. The van der Waals surface area contributed by atoms with Gasteiger partial charge in [0.15, 0.2) is 0 Å². The van der Waals surface area contributed by atoms with Crippen LogP contribution in [0.4, 0.5) is 4.39 Å². The van der Waals surface area contributed by atoms with Crippen LogP contribution in [-0.2, 0) is 16.0 Å². The Morgan fingerprint density at radius 1 is 1.15 bits per heavy atom. The van der Waals surface area contributed by atoms with Gasteiger partial charge in [-0.3, -0.25) is 9.59 Å². The van der Waals surface area contributed by atoms with E-state index in [1.807, 2.05) is 0 Å². The number of rotatable bonds is 4. The number of amides is 1. The van der Waals surface area contributed by atoms with E-state index in [0.29, 0.717) is 12.8 Å². The van der Waals surface area contributed by atoms with Crippen LogP contribution in [0.1, 0.15) is 42.3 Å². The van der Waals surface area contributed by atoms with Crippen molar-refractivity contribution in [1.29, 1.82) is 0 Å². The Morgan fingerprint density at radius 2 is 1.88 bits per heavy atom. The fraction of sp³-hybridized carbons (Fsp3) is 0.421. The third kappa shape index (κ3) is 3.11. The van der Waals surface area contributed by atoms with Gasteiger partial charge in [-0.05, 0) is 56.4 Å². The van der Waals surface area contributed by atoms with Crippen molar-refractivity contribution in [2.45, 2.75) is 38.1 Å². The number of halogens is 1. The molecule has 0 radical (unpaired) electrons. The number of aliphatic carboxylic acids is 1. The molecule has 7 heteroatoms. The lowest BCUT2D eigenvalue weighted by Crippen LogP contribution is -2.45. The van der Waals surface area contributed by atoms with Crippen molar-refractivity contribution in [3.8, 4) is 10.6 Å². The monoisotopic (exact) mass is 374 g/mol. The van der Waals surface area contributed by atoms with Gasteiger partial charge in [-0.15, -0.1) is 11.3 Å². The van der Waals surface area contributed by atoms with Gasteiger partial charge < -0.3 is 10.4 Å². The minimum atomic E-state index is -0.892. The molecule has 0 saturated heterocycles. The quantitative estimate of drug-likeness (QED) is 0.858. The average Bonchev–Trinajstić information content (AvgIpc) is 2.99. The van der Waals surface area contributed by atoms with E-state index in [-0.39, 0.29) is 17.8 Å². The van der Waals surface area contributed by atoms with Crippen LogP contribution in [0.15, 0.2) is 24.3 Å². The van der Waals surface area contributed by atoms with E-state index < -0.39 is 17.8 Å². The Morgan fingerprint density at radius 3 is 2.54 bits per heavy atom. The summed E-state index contributed by atoms with van der Waals surface area (Å²) in [6.45, 7) is 0. The lowest BCUT2D eigenvalue weighted by molar-refractivity contribution is -0.153. The van der Waals surface area contributed by atoms with Gasteiger partial charge in [0.1, 0.15) is 10.8 Å². The zero-order chi connectivity index (χ0) is 18.3. The van der Waals surface area contributed by atoms with Crippen LogP contribution in [0, 0.1) is 17.7 Å². The number of carboxylic acids is 1. The van der Waals surface area contributed by atoms with Gasteiger partial charge in [0.2, 0.25) is 5.91 Å². The highest BCUT2D eigenvalue weighted by molar-refractivity contribution is 7.15. The van der Waals surface area contributed by atoms with E-state index in [4.69, 9.17) is 5.11 Å². The zero-order valence-corrected chi connectivity index (χ0v) is 14.9. The fourth-order valence-electron chi connectivity index (χ4n) is 3.66. The van der Waals surface area contributed by atoms with Gasteiger partial charge in [0, 0.05) is 5.56 Å². The van der Waals surface area contributed by atoms with Gasteiger partial charge in [-0.1, -0.05) is 0 Å². The topological polar surface area (TPSA) is 79.3 Å². The summed E-state index contributed by atoms with van der Waals surface area (Å²) in [5.41, 5.74) is 1.84. The van der Waals surface area contributed by atoms with Crippen LogP contribution in [0.2, 0.25) is 0 Å². The standard InChI is InChI=1S/C19H19FN2O3S/c20-11-6-4-10(5-7-11)18-22-15-3-1-2-14(16(15)26-18)21-17(23)12-8-9-13(12)19(24)25/h4-7,12-14H,1-3,8-9H2,(H,21,23)(H,24,25). The van der Waals surface area contributed by atoms with Crippen molar-refractivity contribution >= 4 is 23.2 Å². The van der Waals surface area contributed by atoms with Crippen molar-refractivity contribution in [2.24, 2.45) is 11.8 Å². The number of carboxylic acid groups (broad SMARTS) is 1. The first kappa shape index (κ1) is 17.1. The predicted molar refractivity (Wildman–Crippen MR) is 95.2 cm³/mol. The molecule has 2 aliphatic rings. The molecule has 0 spiro atoms. The molecule has 26 heavy (non-hydrogen) atoms. The molecule has 2 N–H and O–H groups in total. The summed E-state index contributed by atoms with van der Waals surface area (Å²) in [5, 5.41) is 13.0. The highest BCUT2D eigenvalue weighted by Crippen LogP contribution is 2.40. The molecule has 1 fully saturated rings. The lowest BCUT2D eigenvalue weighted by atomic mass is 9.73. The second kappa shape index (κ2) is 6.79. The van der Waals surface area contributed by atoms with Crippen LogP contribution in [-0.4, -0.2) is 22.0 Å². The number of benzene rings is 1. The normalized spacial score (nSPS) is 24.4. The molecular weight excluding hydrogens is 355 g/mol. The molecule has 1 aromatic heterocycles. The Kier molecular flexibility index (Phi) is 4.48. The number of nitrogens with one attached hydrogen (secondary N) is 1. The molecule has 3 unspecified atom stereocenters. The largest absolute Gasteiger partial charge is 0.481 e. The van der Waals surface area contributed by atoms with Crippen molar-refractivity contribution in [2.75, 3.05) is 0 Å². The molecule has 3 atom stereocenters. The van der Waals surface area contributed by atoms with Crippen LogP contribution >= 0.6 is 11.3 Å². The Balaban J connectivity index is 1.53. The number of carbonyl (C=O) groups is 2. The van der Waals surface area contributed by atoms with Crippen LogP contribution in [0.5, 0.6) is 0 Å². The average molecular weight is 374 g/mol. The van der Waals surface area contributed by atoms with E-state index >= 15 is 0 Å². The summed E-state index contributed by atoms with van der Waals surface area (Å²) < 4.78 is 13.1. The highest BCUT2D eigenvalue weighted by Gasteiger charge is 2.42. The van der Waals surface area contributed by atoms with Crippen LogP contribution in [0.3, 0.4) is 0 Å². The molecule has 5 nitrogen and oxygen atoms in total. The Bertz CT molecular complexity index is 849. The van der Waals surface area contributed by atoms with Gasteiger partial charge in [-0.25, -0.2) is 9.37 Å². The molecule has 136 valence electrons. The summed E-state index contributed by atoms with van der Waals surface area (Å²) in [5.74, 6) is -2.33. The number of nitrogens with zero attached hydrogens (tertiary/aromatic N) is 1. The number of aromatic nitrogens is 1. The van der Waals surface area contributed by atoms with Crippen molar-refractivity contribution in [3.05, 3.63) is 40.7 Å². The van der Waals surface area contributed by atoms with E-state index in [2.05, 4.69) is 10.3 Å². The molecule has 1 saturated carbocycles. The summed E-state index contributed by atoms with van der Waals surface area (Å²) in [7, 11) is 0. The molecule has 0 bridgehead atoms. The van der Waals surface area contributed by atoms with Gasteiger partial charge >= 0.3 is 5.97 Å². The van der Waals surface area contributed by atoms with Crippen molar-refractivity contribution in [1.82, 2.24) is 10.3 Å². The number of carbonyl (C=O) groups excluding carboxylic acids is 1. The summed E-state index contributed by atoms with van der Waals surface area (Å²) in [6.07, 6.45) is 3.82. The molecule has 2 aliphatic carbocycles. The molecule has 0 aliphatic heterocycles. The smallest absolute Gasteiger partial charge is 0.307 e. The Labute approximate surface area is 154 Å². The third-order valence-electron chi connectivity index (χ3n) is 5.29. The van der Waals surface area contributed by atoms with Crippen LogP contribution < -0.4 is 5.32 Å². The van der Waals surface area contributed by atoms with E-state index in [1.165, 1.54) is 23.5 Å². The third-order valence-corrected chi connectivity index (χ3v) is 6.55. The van der Waals surface area contributed by atoms with Gasteiger partial charge in [0.25, 0.3) is 0 Å². The number of hydrogen-bond acceptors (Lipinski definition) is 4. The predicted octanol–water partition coefficient (Wildman–Crippen LogP) is 3.55. The zero-order valence-electron chi connectivity index (χ0n) is 14.1. The van der Waals surface area contributed by atoms with Gasteiger partial charge in [0.05, 0.1) is 28.4 Å². The number of aryl methyl sites for hydroxylation is 1. The maximum absolute atomic E-state index is 13.1. The maximum Gasteiger partial charge on any atom is 0.307 e. The molecular formula is C19H19FN2O3S. The highest BCUT2D eigenvalue weighted by atomic mass is 32.1. The molecule has 1 aromatic carbocycles. The first-order valence-electron chi connectivity index (χ1n) is 8.81. The molecule has 2 aromatic rings. The summed E-state index contributed by atoms with van der Waals surface area (Å²) >= 11 is 1.52. The number of hydrogen-bond donors (Lipinski definition) is 2. The second-order valence-electron chi connectivity index (χ2n) is 6.92. The van der Waals surface area contributed by atoms with Crippen molar-refractivity contribution in [3.63, 3.8) is 0 Å². The first-order chi connectivity index (χ1) is 12.5. The van der Waals surface area contributed by atoms with E-state index in [9.17, 15) is 14.0 Å². The van der Waals surface area contributed by atoms with Gasteiger partial charge in [-0.2, -0.15) is 0 Å².